The number of halogens is 6. The van der Waals surface area contributed by atoms with E-state index in [1.54, 1.807) is 35.9 Å². The van der Waals surface area contributed by atoms with Crippen LogP contribution in [0.25, 0.3) is 10.9 Å². The van der Waals surface area contributed by atoms with E-state index in [1.807, 2.05) is 4.90 Å². The summed E-state index contributed by atoms with van der Waals surface area (Å²) in [6.07, 6.45) is 0.0396. The Labute approximate surface area is 261 Å². The van der Waals surface area contributed by atoms with Gasteiger partial charge in [0, 0.05) is 68.5 Å². The second-order valence-electron chi connectivity index (χ2n) is 11.7. The SMILES string of the molecule is C[C@@H](N1CCN(Cc2cn(Cc3cccc(C(F)(F)F)c3)c3c(F)cccc23)CC1)[C@](O)(Cn1cncn1)c1ccc(F)cc1F. The fourth-order valence-electron chi connectivity index (χ4n) is 6.38. The molecule has 0 saturated carbocycles. The Morgan fingerprint density at radius 2 is 1.65 bits per heavy atom. The van der Waals surface area contributed by atoms with Gasteiger partial charge in [-0.15, -0.1) is 0 Å². The minimum absolute atomic E-state index is 0.0464. The standard InChI is InChI=1S/C33H32F6N6O/c1-22(32(46,19-45-21-40-20-41-45)28-9-8-26(34)15-30(28)36)43-12-10-42(11-13-43)17-24-18-44(31-27(24)6-3-7-29(31)35)16-23-4-2-5-25(14-23)33(37,38)39/h2-9,14-15,18,20-22,46H,10-13,16-17,19H2,1H3/t22-,32-/m1/s1. The molecular weight excluding hydrogens is 610 g/mol. The number of nitrogens with zero attached hydrogens (tertiary/aromatic N) is 6. The topological polar surface area (TPSA) is 62.4 Å². The van der Waals surface area contributed by atoms with E-state index >= 15 is 8.78 Å². The predicted molar refractivity (Wildman–Crippen MR) is 159 cm³/mol. The molecule has 3 heterocycles. The number of piperazine rings is 1. The molecule has 0 amide bonds. The summed E-state index contributed by atoms with van der Waals surface area (Å²) < 4.78 is 86.8. The number of aromatic nitrogens is 4. The van der Waals surface area contributed by atoms with Crippen molar-refractivity contribution in [2.24, 2.45) is 0 Å². The van der Waals surface area contributed by atoms with Crippen LogP contribution in [0, 0.1) is 17.5 Å². The van der Waals surface area contributed by atoms with Crippen LogP contribution in [0.3, 0.4) is 0 Å². The number of alkyl halides is 3. The first-order valence-electron chi connectivity index (χ1n) is 14.8. The molecule has 1 fully saturated rings. The minimum atomic E-state index is -4.48. The first-order chi connectivity index (χ1) is 21.9. The van der Waals surface area contributed by atoms with Gasteiger partial charge in [0.05, 0.1) is 17.6 Å². The van der Waals surface area contributed by atoms with Gasteiger partial charge in [0.1, 0.15) is 35.7 Å². The van der Waals surface area contributed by atoms with Gasteiger partial charge in [0.25, 0.3) is 0 Å². The lowest BCUT2D eigenvalue weighted by molar-refractivity contribution is -0.137. The van der Waals surface area contributed by atoms with E-state index in [0.29, 0.717) is 49.2 Å². The van der Waals surface area contributed by atoms with Crippen LogP contribution in [-0.4, -0.2) is 66.5 Å². The summed E-state index contributed by atoms with van der Waals surface area (Å²) in [4.78, 5) is 8.13. The maximum atomic E-state index is 15.1. The first-order valence-corrected chi connectivity index (χ1v) is 14.8. The van der Waals surface area contributed by atoms with Crippen molar-refractivity contribution < 1.29 is 31.4 Å². The van der Waals surface area contributed by atoms with E-state index in [-0.39, 0.29) is 18.7 Å². The number of benzene rings is 3. The molecule has 13 heteroatoms. The molecule has 242 valence electrons. The number of hydrogen-bond acceptors (Lipinski definition) is 5. The van der Waals surface area contributed by atoms with Gasteiger partial charge in [-0.05, 0) is 42.3 Å². The molecule has 5 aromatic rings. The van der Waals surface area contributed by atoms with Crippen molar-refractivity contribution in [1.29, 1.82) is 0 Å². The molecule has 1 aliphatic heterocycles. The molecule has 1 saturated heterocycles. The molecule has 1 aliphatic rings. The molecule has 1 N–H and O–H groups in total. The fraction of sp³-hybridized carbons (Fsp3) is 0.333. The Bertz CT molecular complexity index is 1820. The largest absolute Gasteiger partial charge is 0.416 e. The second kappa shape index (κ2) is 12.5. The molecule has 7 nitrogen and oxygen atoms in total. The van der Waals surface area contributed by atoms with E-state index in [0.717, 1.165) is 29.8 Å². The van der Waals surface area contributed by atoms with Gasteiger partial charge in [-0.3, -0.25) is 9.80 Å². The highest BCUT2D eigenvalue weighted by molar-refractivity contribution is 5.84. The lowest BCUT2D eigenvalue weighted by Gasteiger charge is -2.45. The summed E-state index contributed by atoms with van der Waals surface area (Å²) in [6, 6.07) is 12.3. The summed E-state index contributed by atoms with van der Waals surface area (Å²) in [5.74, 6) is -2.07. The third-order valence-electron chi connectivity index (χ3n) is 8.85. The van der Waals surface area contributed by atoms with Crippen molar-refractivity contribution >= 4 is 10.9 Å². The van der Waals surface area contributed by atoms with E-state index in [1.165, 1.54) is 35.5 Å². The molecule has 2 atom stereocenters. The maximum absolute atomic E-state index is 15.1. The maximum Gasteiger partial charge on any atom is 0.416 e. The van der Waals surface area contributed by atoms with Crippen LogP contribution in [0.5, 0.6) is 0 Å². The molecule has 0 radical (unpaired) electrons. The summed E-state index contributed by atoms with van der Waals surface area (Å²) in [5, 5.41) is 16.7. The Balaban J connectivity index is 1.20. The molecule has 0 aliphatic carbocycles. The highest BCUT2D eigenvalue weighted by atomic mass is 19.4. The van der Waals surface area contributed by atoms with Gasteiger partial charge in [0.15, 0.2) is 0 Å². The van der Waals surface area contributed by atoms with Crippen molar-refractivity contribution in [3.63, 3.8) is 0 Å². The average molecular weight is 643 g/mol. The van der Waals surface area contributed by atoms with Crippen molar-refractivity contribution in [2.75, 3.05) is 26.2 Å². The minimum Gasteiger partial charge on any atom is -0.381 e. The van der Waals surface area contributed by atoms with Crippen LogP contribution in [0.1, 0.15) is 29.2 Å². The van der Waals surface area contributed by atoms with Crippen LogP contribution in [0.4, 0.5) is 26.3 Å². The van der Waals surface area contributed by atoms with Crippen molar-refractivity contribution in [3.05, 3.63) is 119 Å². The van der Waals surface area contributed by atoms with E-state index in [4.69, 9.17) is 0 Å². The molecule has 0 unspecified atom stereocenters. The van der Waals surface area contributed by atoms with Crippen LogP contribution in [0.15, 0.2) is 79.5 Å². The highest BCUT2D eigenvalue weighted by Gasteiger charge is 2.42. The summed E-state index contributed by atoms with van der Waals surface area (Å²) in [6.45, 7) is 4.40. The normalized spacial score (nSPS) is 17.0. The molecule has 2 aromatic heterocycles. The summed E-state index contributed by atoms with van der Waals surface area (Å²) >= 11 is 0. The van der Waals surface area contributed by atoms with Crippen LogP contribution >= 0.6 is 0 Å². The Morgan fingerprint density at radius 1 is 0.891 bits per heavy atom. The lowest BCUT2D eigenvalue weighted by atomic mass is 9.85. The number of para-hydroxylation sites is 1. The van der Waals surface area contributed by atoms with Crippen LogP contribution in [0.2, 0.25) is 0 Å². The zero-order valence-electron chi connectivity index (χ0n) is 24.9. The van der Waals surface area contributed by atoms with Crippen molar-refractivity contribution in [2.45, 2.75) is 44.4 Å². The van der Waals surface area contributed by atoms with Crippen LogP contribution < -0.4 is 0 Å². The number of aliphatic hydroxyl groups is 1. The first kappa shape index (κ1) is 31.8. The smallest absolute Gasteiger partial charge is 0.381 e. The lowest BCUT2D eigenvalue weighted by Crippen LogP contribution is -2.57. The zero-order chi connectivity index (χ0) is 32.6. The predicted octanol–water partition coefficient (Wildman–Crippen LogP) is 5.81. The van der Waals surface area contributed by atoms with Crippen molar-refractivity contribution in [3.8, 4) is 0 Å². The molecule has 46 heavy (non-hydrogen) atoms. The molecule has 0 bridgehead atoms. The Kier molecular flexibility index (Phi) is 8.66. The average Bonchev–Trinajstić information content (AvgIpc) is 3.65. The summed E-state index contributed by atoms with van der Waals surface area (Å²) in [5.41, 5.74) is -1.01. The number of hydrogen-bond donors (Lipinski definition) is 1. The Morgan fingerprint density at radius 3 is 2.35 bits per heavy atom. The quantitative estimate of drug-likeness (QED) is 0.206. The van der Waals surface area contributed by atoms with Gasteiger partial charge >= 0.3 is 6.18 Å². The molecule has 6 rings (SSSR count). The third-order valence-corrected chi connectivity index (χ3v) is 8.85. The summed E-state index contributed by atoms with van der Waals surface area (Å²) in [7, 11) is 0. The van der Waals surface area contributed by atoms with Gasteiger partial charge in [-0.1, -0.05) is 30.3 Å². The van der Waals surface area contributed by atoms with E-state index in [2.05, 4.69) is 15.0 Å². The zero-order valence-corrected chi connectivity index (χ0v) is 24.9. The molecule has 3 aromatic carbocycles. The monoisotopic (exact) mass is 642 g/mol. The van der Waals surface area contributed by atoms with E-state index < -0.39 is 40.8 Å². The van der Waals surface area contributed by atoms with Crippen molar-refractivity contribution in [1.82, 2.24) is 29.1 Å². The number of rotatable bonds is 9. The third kappa shape index (κ3) is 6.39. The van der Waals surface area contributed by atoms with Gasteiger partial charge < -0.3 is 9.67 Å². The molecular formula is C33H32F6N6O. The van der Waals surface area contributed by atoms with E-state index in [9.17, 15) is 22.7 Å². The van der Waals surface area contributed by atoms with Gasteiger partial charge in [0.2, 0.25) is 0 Å². The van der Waals surface area contributed by atoms with Gasteiger partial charge in [-0.2, -0.15) is 18.3 Å². The molecule has 0 spiro atoms. The fourth-order valence-corrected chi connectivity index (χ4v) is 6.38. The number of fused-ring (bicyclic) bond motifs is 1. The van der Waals surface area contributed by atoms with Gasteiger partial charge in [-0.25, -0.2) is 22.8 Å². The second-order valence-corrected chi connectivity index (χ2v) is 11.7. The Hall–Kier alpha value is -4.20. The highest BCUT2D eigenvalue weighted by Crippen LogP contribution is 2.34. The van der Waals surface area contributed by atoms with Crippen LogP contribution in [-0.2, 0) is 31.4 Å².